The van der Waals surface area contributed by atoms with Crippen LogP contribution >= 0.6 is 11.8 Å². The van der Waals surface area contributed by atoms with E-state index in [0.717, 1.165) is 16.1 Å². The van der Waals surface area contributed by atoms with Crippen LogP contribution in [0, 0.1) is 16.7 Å². The number of nitrogens with zero attached hydrogens (tertiary/aromatic N) is 1. The number of hydrogen-bond acceptors (Lipinski definition) is 3. The molecule has 4 heteroatoms. The zero-order valence-corrected chi connectivity index (χ0v) is 11.6. The average molecular weight is 260 g/mol. The fraction of sp³-hybridized carbons (Fsp3) is 0.429. The molecule has 1 aromatic carbocycles. The smallest absolute Gasteiger partial charge is 0.237 e. The van der Waals surface area contributed by atoms with E-state index in [1.807, 2.05) is 39.0 Å². The van der Waals surface area contributed by atoms with Gasteiger partial charge in [0.15, 0.2) is 0 Å². The summed E-state index contributed by atoms with van der Waals surface area (Å²) in [4.78, 5) is 12.7. The Morgan fingerprint density at radius 1 is 1.50 bits per heavy atom. The van der Waals surface area contributed by atoms with Crippen molar-refractivity contribution >= 4 is 23.4 Å². The number of benzene rings is 1. The van der Waals surface area contributed by atoms with E-state index in [-0.39, 0.29) is 16.6 Å². The molecule has 18 heavy (non-hydrogen) atoms. The first-order valence-electron chi connectivity index (χ1n) is 5.93. The van der Waals surface area contributed by atoms with Gasteiger partial charge in [0.05, 0.1) is 22.4 Å². The van der Waals surface area contributed by atoms with Crippen LogP contribution in [0.25, 0.3) is 0 Å². The van der Waals surface area contributed by atoms with Gasteiger partial charge in [-0.3, -0.25) is 4.79 Å². The van der Waals surface area contributed by atoms with E-state index >= 15 is 0 Å². The fourth-order valence-electron chi connectivity index (χ4n) is 1.92. The van der Waals surface area contributed by atoms with Gasteiger partial charge in [-0.1, -0.05) is 6.07 Å². The van der Waals surface area contributed by atoms with Crippen molar-refractivity contribution in [1.29, 1.82) is 5.26 Å². The molecule has 0 spiro atoms. The van der Waals surface area contributed by atoms with E-state index < -0.39 is 0 Å². The number of nitriles is 1. The number of fused-ring (bicyclic) bond motifs is 1. The minimum absolute atomic E-state index is 0.0427. The quantitative estimate of drug-likeness (QED) is 0.888. The first kappa shape index (κ1) is 13.0. The van der Waals surface area contributed by atoms with Gasteiger partial charge in [0, 0.05) is 4.90 Å². The Morgan fingerprint density at radius 3 is 2.89 bits per heavy atom. The number of hydrogen-bond donors (Lipinski definition) is 1. The summed E-state index contributed by atoms with van der Waals surface area (Å²) >= 11 is 1.58. The highest BCUT2D eigenvalue weighted by Gasteiger charge is 2.24. The Hall–Kier alpha value is -1.47. The lowest BCUT2D eigenvalue weighted by Crippen LogP contribution is -2.26. The Balaban J connectivity index is 2.26. The van der Waals surface area contributed by atoms with Crippen molar-refractivity contribution in [1.82, 2.24) is 0 Å². The van der Waals surface area contributed by atoms with Crippen molar-refractivity contribution in [2.45, 2.75) is 37.3 Å². The van der Waals surface area contributed by atoms with E-state index in [2.05, 4.69) is 11.4 Å². The summed E-state index contributed by atoms with van der Waals surface area (Å²) < 4.78 is 0. The molecule has 1 aliphatic heterocycles. The summed E-state index contributed by atoms with van der Waals surface area (Å²) in [7, 11) is 0. The second kappa shape index (κ2) is 4.66. The number of rotatable bonds is 2. The highest BCUT2D eigenvalue weighted by Crippen LogP contribution is 2.36. The lowest BCUT2D eigenvalue weighted by molar-refractivity contribution is -0.115. The molecule has 3 nitrogen and oxygen atoms in total. The van der Waals surface area contributed by atoms with Crippen LogP contribution in [0.2, 0.25) is 0 Å². The highest BCUT2D eigenvalue weighted by molar-refractivity contribution is 8.00. The van der Waals surface area contributed by atoms with Crippen LogP contribution in [0.3, 0.4) is 0 Å². The SMILES string of the molecule is CC1Sc2ccc(CC(C)(C)C#N)cc2NC1=O. The van der Waals surface area contributed by atoms with Gasteiger partial charge < -0.3 is 5.32 Å². The van der Waals surface area contributed by atoms with Gasteiger partial charge in [-0.25, -0.2) is 0 Å². The largest absolute Gasteiger partial charge is 0.324 e. The average Bonchev–Trinajstić information content (AvgIpc) is 2.31. The van der Waals surface area contributed by atoms with Crippen molar-refractivity contribution in [2.24, 2.45) is 5.41 Å². The molecule has 1 amide bonds. The lowest BCUT2D eigenvalue weighted by Gasteiger charge is -2.23. The molecular formula is C14H16N2OS. The Labute approximate surface area is 112 Å². The van der Waals surface area contributed by atoms with Gasteiger partial charge in [0.25, 0.3) is 0 Å². The van der Waals surface area contributed by atoms with E-state index in [0.29, 0.717) is 6.42 Å². The highest BCUT2D eigenvalue weighted by atomic mass is 32.2. The number of carbonyl (C=O) groups is 1. The number of thioether (sulfide) groups is 1. The molecule has 1 aromatic rings. The summed E-state index contributed by atoms with van der Waals surface area (Å²) in [5.41, 5.74) is 1.57. The number of nitrogens with one attached hydrogen (secondary N) is 1. The van der Waals surface area contributed by atoms with Gasteiger partial charge in [0.1, 0.15) is 0 Å². The molecule has 1 heterocycles. The maximum Gasteiger partial charge on any atom is 0.237 e. The van der Waals surface area contributed by atoms with Crippen molar-refractivity contribution in [2.75, 3.05) is 5.32 Å². The molecule has 1 unspecified atom stereocenters. The van der Waals surface area contributed by atoms with E-state index in [9.17, 15) is 4.79 Å². The maximum absolute atomic E-state index is 11.6. The minimum Gasteiger partial charge on any atom is -0.324 e. The van der Waals surface area contributed by atoms with Crippen molar-refractivity contribution < 1.29 is 4.79 Å². The van der Waals surface area contributed by atoms with Crippen LogP contribution in [0.5, 0.6) is 0 Å². The van der Waals surface area contributed by atoms with Gasteiger partial charge in [-0.05, 0) is 44.9 Å². The molecule has 0 fully saturated rings. The molecule has 2 rings (SSSR count). The van der Waals surface area contributed by atoms with Crippen molar-refractivity contribution in [3.63, 3.8) is 0 Å². The summed E-state index contributed by atoms with van der Waals surface area (Å²) in [5, 5.41) is 11.9. The van der Waals surface area contributed by atoms with Gasteiger partial charge in [-0.15, -0.1) is 11.8 Å². The zero-order valence-electron chi connectivity index (χ0n) is 10.8. The molecule has 1 aliphatic rings. The predicted molar refractivity (Wildman–Crippen MR) is 73.5 cm³/mol. The predicted octanol–water partition coefficient (Wildman–Crippen LogP) is 3.21. The fourth-order valence-corrected chi connectivity index (χ4v) is 2.85. The molecule has 0 saturated heterocycles. The van der Waals surface area contributed by atoms with Crippen LogP contribution in [-0.2, 0) is 11.2 Å². The first-order chi connectivity index (χ1) is 8.41. The zero-order chi connectivity index (χ0) is 13.3. The number of anilines is 1. The molecule has 1 atom stereocenters. The van der Waals surface area contributed by atoms with Gasteiger partial charge >= 0.3 is 0 Å². The third-order valence-corrected chi connectivity index (χ3v) is 4.10. The molecule has 0 aliphatic carbocycles. The first-order valence-corrected chi connectivity index (χ1v) is 6.81. The topological polar surface area (TPSA) is 52.9 Å². The van der Waals surface area contributed by atoms with Crippen LogP contribution in [0.1, 0.15) is 26.3 Å². The Bertz CT molecular complexity index is 531. The monoisotopic (exact) mass is 260 g/mol. The maximum atomic E-state index is 11.6. The summed E-state index contributed by atoms with van der Waals surface area (Å²) in [6, 6.07) is 8.33. The second-order valence-electron chi connectivity index (χ2n) is 5.25. The second-order valence-corrected chi connectivity index (χ2v) is 6.63. The third-order valence-electron chi connectivity index (χ3n) is 2.92. The van der Waals surface area contributed by atoms with Gasteiger partial charge in [-0.2, -0.15) is 5.26 Å². The standard InChI is InChI=1S/C14H16N2OS/c1-9-13(17)16-11-6-10(4-5-12(11)18-9)7-14(2,3)8-15/h4-6,9H,7H2,1-3H3,(H,16,17). The molecule has 94 valence electrons. The van der Waals surface area contributed by atoms with E-state index in [1.54, 1.807) is 11.8 Å². The Morgan fingerprint density at radius 2 is 2.22 bits per heavy atom. The van der Waals surface area contributed by atoms with Crippen molar-refractivity contribution in [3.8, 4) is 6.07 Å². The Kier molecular flexibility index (Phi) is 3.36. The van der Waals surface area contributed by atoms with E-state index in [1.165, 1.54) is 0 Å². The molecule has 0 aromatic heterocycles. The van der Waals surface area contributed by atoms with E-state index in [4.69, 9.17) is 5.26 Å². The van der Waals surface area contributed by atoms with Crippen LogP contribution in [0.15, 0.2) is 23.1 Å². The summed E-state index contributed by atoms with van der Waals surface area (Å²) in [6.45, 7) is 5.74. The minimum atomic E-state index is -0.382. The van der Waals surface area contributed by atoms with Crippen LogP contribution in [-0.4, -0.2) is 11.2 Å². The number of amides is 1. The van der Waals surface area contributed by atoms with Crippen LogP contribution < -0.4 is 5.32 Å². The molecule has 0 saturated carbocycles. The molecule has 0 radical (unpaired) electrons. The third kappa shape index (κ3) is 2.68. The van der Waals surface area contributed by atoms with Gasteiger partial charge in [0.2, 0.25) is 5.91 Å². The number of carbonyl (C=O) groups excluding carboxylic acids is 1. The molecule has 0 bridgehead atoms. The van der Waals surface area contributed by atoms with Crippen LogP contribution in [0.4, 0.5) is 5.69 Å². The lowest BCUT2D eigenvalue weighted by atomic mass is 9.87. The molecular weight excluding hydrogens is 244 g/mol. The molecule has 1 N–H and O–H groups in total. The summed E-state index contributed by atoms with van der Waals surface area (Å²) in [5.74, 6) is 0.0455. The van der Waals surface area contributed by atoms with Crippen molar-refractivity contribution in [3.05, 3.63) is 23.8 Å². The summed E-state index contributed by atoms with van der Waals surface area (Å²) in [6.07, 6.45) is 0.687. The normalized spacial score (nSPS) is 18.8.